The van der Waals surface area contributed by atoms with Crippen LogP contribution in [0.25, 0.3) is 5.69 Å². The molecule has 0 radical (unpaired) electrons. The summed E-state index contributed by atoms with van der Waals surface area (Å²) >= 11 is 0. The number of sulfonamides is 1. The minimum Gasteiger partial charge on any atom is -0.379 e. The number of aryl methyl sites for hydroxylation is 1. The first-order valence-electron chi connectivity index (χ1n) is 11.6. The van der Waals surface area contributed by atoms with E-state index in [0.717, 1.165) is 22.6 Å². The van der Waals surface area contributed by atoms with E-state index in [0.29, 0.717) is 38.5 Å². The number of ether oxygens (including phenoxy) is 1. The lowest BCUT2D eigenvalue weighted by Crippen LogP contribution is -2.40. The maximum absolute atomic E-state index is 12.9. The number of rotatable bonds is 8. The van der Waals surface area contributed by atoms with E-state index in [1.807, 2.05) is 48.9 Å². The number of aromatic nitrogens is 2. The van der Waals surface area contributed by atoms with Gasteiger partial charge in [0.15, 0.2) is 0 Å². The topological polar surface area (TPSA) is 106 Å². The Morgan fingerprint density at radius 3 is 2.51 bits per heavy atom. The standard InChI is InChI=1S/C25H31N5O4S/c1-18-24(20(3)30(28-18)22-9-5-4-6-10-22)17-26-19(2)25(31)27-21-8-7-11-23(16-21)35(32,33)29-12-14-34-15-13-29/h4-11,16,19,26H,12-15,17H2,1-3H3,(H,27,31). The number of hydrogen-bond acceptors (Lipinski definition) is 6. The zero-order valence-corrected chi connectivity index (χ0v) is 21.0. The van der Waals surface area contributed by atoms with Crippen molar-refractivity contribution in [1.29, 1.82) is 0 Å². The monoisotopic (exact) mass is 497 g/mol. The Labute approximate surface area is 206 Å². The van der Waals surface area contributed by atoms with Gasteiger partial charge in [0.2, 0.25) is 15.9 Å². The third kappa shape index (κ3) is 5.62. The number of amides is 1. The molecule has 0 spiro atoms. The molecule has 2 heterocycles. The molecule has 0 bridgehead atoms. The van der Waals surface area contributed by atoms with Crippen molar-refractivity contribution >= 4 is 21.6 Å². The van der Waals surface area contributed by atoms with Crippen molar-refractivity contribution in [2.45, 2.75) is 38.3 Å². The Hall–Kier alpha value is -3.05. The number of nitrogens with one attached hydrogen (secondary N) is 2. The van der Waals surface area contributed by atoms with Crippen LogP contribution in [0.5, 0.6) is 0 Å². The van der Waals surface area contributed by atoms with E-state index in [-0.39, 0.29) is 10.8 Å². The molecule has 2 N–H and O–H groups in total. The molecule has 10 heteroatoms. The van der Waals surface area contributed by atoms with Crippen molar-refractivity contribution in [3.63, 3.8) is 0 Å². The van der Waals surface area contributed by atoms with Crippen molar-refractivity contribution in [3.05, 3.63) is 71.5 Å². The van der Waals surface area contributed by atoms with Crippen LogP contribution >= 0.6 is 0 Å². The summed E-state index contributed by atoms with van der Waals surface area (Å²) in [6.45, 7) is 7.60. The predicted octanol–water partition coefficient (Wildman–Crippen LogP) is 2.63. The largest absolute Gasteiger partial charge is 0.379 e. The second kappa shape index (κ2) is 10.7. The summed E-state index contributed by atoms with van der Waals surface area (Å²) < 4.78 is 34.4. The molecule has 1 atom stereocenters. The van der Waals surface area contributed by atoms with Gasteiger partial charge in [-0.15, -0.1) is 0 Å². The molecular weight excluding hydrogens is 466 g/mol. The second-order valence-electron chi connectivity index (χ2n) is 8.53. The summed E-state index contributed by atoms with van der Waals surface area (Å²) in [6, 6.07) is 15.7. The van der Waals surface area contributed by atoms with Gasteiger partial charge in [0.1, 0.15) is 0 Å². The van der Waals surface area contributed by atoms with Crippen molar-refractivity contribution in [3.8, 4) is 5.69 Å². The average molecular weight is 498 g/mol. The molecule has 186 valence electrons. The van der Waals surface area contributed by atoms with Gasteiger partial charge >= 0.3 is 0 Å². The Morgan fingerprint density at radius 1 is 1.09 bits per heavy atom. The SMILES string of the molecule is Cc1nn(-c2ccccc2)c(C)c1CNC(C)C(=O)Nc1cccc(S(=O)(=O)N2CCOCC2)c1. The van der Waals surface area contributed by atoms with E-state index >= 15 is 0 Å². The van der Waals surface area contributed by atoms with Crippen LogP contribution in [-0.4, -0.2) is 60.8 Å². The summed E-state index contributed by atoms with van der Waals surface area (Å²) in [6.07, 6.45) is 0. The van der Waals surface area contributed by atoms with Gasteiger partial charge in [-0.3, -0.25) is 4.79 Å². The van der Waals surface area contributed by atoms with Crippen molar-refractivity contribution in [2.75, 3.05) is 31.6 Å². The Bertz CT molecular complexity index is 1280. The fraction of sp³-hybridized carbons (Fsp3) is 0.360. The minimum absolute atomic E-state index is 0.150. The number of benzene rings is 2. The van der Waals surface area contributed by atoms with Gasteiger partial charge in [0, 0.05) is 36.6 Å². The highest BCUT2D eigenvalue weighted by Gasteiger charge is 2.26. The summed E-state index contributed by atoms with van der Waals surface area (Å²) in [4.78, 5) is 13.0. The highest BCUT2D eigenvalue weighted by atomic mass is 32.2. The normalized spacial score (nSPS) is 15.6. The molecule has 0 saturated carbocycles. The molecule has 1 amide bonds. The first kappa shape index (κ1) is 25.1. The highest BCUT2D eigenvalue weighted by molar-refractivity contribution is 7.89. The van der Waals surface area contributed by atoms with Crippen LogP contribution in [-0.2, 0) is 26.1 Å². The quantitative estimate of drug-likeness (QED) is 0.496. The lowest BCUT2D eigenvalue weighted by atomic mass is 10.1. The van der Waals surface area contributed by atoms with Gasteiger partial charge in [-0.25, -0.2) is 13.1 Å². The molecule has 1 saturated heterocycles. The number of para-hydroxylation sites is 1. The maximum atomic E-state index is 12.9. The molecule has 1 aliphatic heterocycles. The molecule has 1 fully saturated rings. The first-order chi connectivity index (χ1) is 16.8. The van der Waals surface area contributed by atoms with Crippen molar-refractivity contribution in [1.82, 2.24) is 19.4 Å². The number of carbonyl (C=O) groups is 1. The smallest absolute Gasteiger partial charge is 0.243 e. The van der Waals surface area contributed by atoms with Crippen LogP contribution in [0.1, 0.15) is 23.9 Å². The molecule has 4 rings (SSSR count). The number of anilines is 1. The summed E-state index contributed by atoms with van der Waals surface area (Å²) in [5.41, 5.74) is 4.36. The summed E-state index contributed by atoms with van der Waals surface area (Å²) in [7, 11) is -3.64. The third-order valence-corrected chi connectivity index (χ3v) is 8.02. The van der Waals surface area contributed by atoms with Gasteiger partial charge in [0.25, 0.3) is 0 Å². The van der Waals surface area contributed by atoms with E-state index in [1.165, 1.54) is 16.4 Å². The molecule has 0 aliphatic carbocycles. The average Bonchev–Trinajstić information content (AvgIpc) is 3.16. The Balaban J connectivity index is 1.40. The minimum atomic E-state index is -3.64. The lowest BCUT2D eigenvalue weighted by Gasteiger charge is -2.26. The van der Waals surface area contributed by atoms with Crippen molar-refractivity contribution < 1.29 is 17.9 Å². The van der Waals surface area contributed by atoms with Crippen molar-refractivity contribution in [2.24, 2.45) is 0 Å². The van der Waals surface area contributed by atoms with Gasteiger partial charge < -0.3 is 15.4 Å². The lowest BCUT2D eigenvalue weighted by molar-refractivity contribution is -0.117. The van der Waals surface area contributed by atoms with Gasteiger partial charge in [-0.2, -0.15) is 9.40 Å². The number of carbonyl (C=O) groups excluding carboxylic acids is 1. The van der Waals surface area contributed by atoms with E-state index in [4.69, 9.17) is 4.74 Å². The maximum Gasteiger partial charge on any atom is 0.243 e. The van der Waals surface area contributed by atoms with E-state index in [2.05, 4.69) is 15.7 Å². The first-order valence-corrected chi connectivity index (χ1v) is 13.0. The van der Waals surface area contributed by atoms with Crippen LogP contribution in [0.3, 0.4) is 0 Å². The highest BCUT2D eigenvalue weighted by Crippen LogP contribution is 2.21. The molecule has 35 heavy (non-hydrogen) atoms. The third-order valence-electron chi connectivity index (χ3n) is 6.13. The zero-order valence-electron chi connectivity index (χ0n) is 20.2. The molecule has 1 unspecified atom stereocenters. The number of morpholine rings is 1. The van der Waals surface area contributed by atoms with Gasteiger partial charge in [-0.05, 0) is 51.1 Å². The molecule has 1 aromatic heterocycles. The van der Waals surface area contributed by atoms with Crippen LogP contribution < -0.4 is 10.6 Å². The van der Waals surface area contributed by atoms with Gasteiger partial charge in [-0.1, -0.05) is 24.3 Å². The fourth-order valence-electron chi connectivity index (χ4n) is 4.02. The summed E-state index contributed by atoms with van der Waals surface area (Å²) in [5.74, 6) is -0.253. The Morgan fingerprint density at radius 2 is 1.80 bits per heavy atom. The number of hydrogen-bond donors (Lipinski definition) is 2. The Kier molecular flexibility index (Phi) is 7.66. The van der Waals surface area contributed by atoms with Crippen LogP contribution in [0.4, 0.5) is 5.69 Å². The van der Waals surface area contributed by atoms with Crippen LogP contribution in [0.2, 0.25) is 0 Å². The van der Waals surface area contributed by atoms with Crippen LogP contribution in [0, 0.1) is 13.8 Å². The van der Waals surface area contributed by atoms with Gasteiger partial charge in [0.05, 0.1) is 35.5 Å². The van der Waals surface area contributed by atoms with E-state index < -0.39 is 16.1 Å². The molecule has 9 nitrogen and oxygen atoms in total. The molecular formula is C25H31N5O4S. The predicted molar refractivity (Wildman–Crippen MR) is 134 cm³/mol. The van der Waals surface area contributed by atoms with Crippen LogP contribution in [0.15, 0.2) is 59.5 Å². The molecule has 1 aliphatic rings. The fourth-order valence-corrected chi connectivity index (χ4v) is 5.47. The molecule has 3 aromatic rings. The summed E-state index contributed by atoms with van der Waals surface area (Å²) in [5, 5.41) is 10.7. The van der Waals surface area contributed by atoms with E-state index in [9.17, 15) is 13.2 Å². The number of nitrogens with zero attached hydrogens (tertiary/aromatic N) is 3. The molecule has 2 aromatic carbocycles. The second-order valence-corrected chi connectivity index (χ2v) is 10.5. The zero-order chi connectivity index (χ0) is 25.0. The van der Waals surface area contributed by atoms with E-state index in [1.54, 1.807) is 19.1 Å².